The highest BCUT2D eigenvalue weighted by molar-refractivity contribution is 5.81. The molecule has 0 fully saturated rings. The van der Waals surface area contributed by atoms with E-state index in [9.17, 15) is 0 Å². The van der Waals surface area contributed by atoms with Crippen molar-refractivity contribution in [2.45, 2.75) is 40.2 Å². The Morgan fingerprint density at radius 3 is 2.82 bits per heavy atom. The van der Waals surface area contributed by atoms with Gasteiger partial charge in [0, 0.05) is 6.54 Å². The first kappa shape index (κ1) is 12.0. The van der Waals surface area contributed by atoms with E-state index in [-0.39, 0.29) is 0 Å². The molecular weight excluding hydrogens is 210 g/mol. The number of hydrogen-bond donors (Lipinski definition) is 1. The summed E-state index contributed by atoms with van der Waals surface area (Å²) < 4.78 is 2.13. The van der Waals surface area contributed by atoms with E-state index in [1.54, 1.807) is 0 Å². The fourth-order valence-electron chi connectivity index (χ4n) is 2.20. The van der Waals surface area contributed by atoms with Crippen LogP contribution in [0.1, 0.15) is 32.3 Å². The van der Waals surface area contributed by atoms with Crippen LogP contribution in [0.5, 0.6) is 0 Å². The number of nitrogen functional groups attached to an aromatic ring is 1. The zero-order valence-electron chi connectivity index (χ0n) is 10.9. The van der Waals surface area contributed by atoms with Crippen molar-refractivity contribution in [1.82, 2.24) is 9.55 Å². The molecule has 1 aromatic carbocycles. The second-order valence-electron chi connectivity index (χ2n) is 5.10. The molecule has 0 aliphatic heterocycles. The van der Waals surface area contributed by atoms with Gasteiger partial charge in [0.15, 0.2) is 0 Å². The SMILES string of the molecule is Cc1cccc2c1nc(N)n2CCCC(C)C. The number of nitrogens with zero attached hydrogens (tertiary/aromatic N) is 2. The van der Waals surface area contributed by atoms with E-state index in [1.165, 1.54) is 12.0 Å². The summed E-state index contributed by atoms with van der Waals surface area (Å²) in [5.41, 5.74) is 9.38. The van der Waals surface area contributed by atoms with Crippen LogP contribution < -0.4 is 5.73 Å². The van der Waals surface area contributed by atoms with E-state index < -0.39 is 0 Å². The molecule has 0 spiro atoms. The third-order valence-electron chi connectivity index (χ3n) is 3.17. The third-order valence-corrected chi connectivity index (χ3v) is 3.17. The van der Waals surface area contributed by atoms with Crippen molar-refractivity contribution in [3.05, 3.63) is 23.8 Å². The molecule has 0 atom stereocenters. The first-order valence-electron chi connectivity index (χ1n) is 6.31. The number of aromatic nitrogens is 2. The maximum Gasteiger partial charge on any atom is 0.201 e. The monoisotopic (exact) mass is 231 g/mol. The Labute approximate surface area is 103 Å². The minimum absolute atomic E-state index is 0.637. The van der Waals surface area contributed by atoms with Crippen molar-refractivity contribution in [1.29, 1.82) is 0 Å². The Balaban J connectivity index is 2.27. The molecule has 0 saturated heterocycles. The van der Waals surface area contributed by atoms with Gasteiger partial charge in [-0.25, -0.2) is 4.98 Å². The molecule has 0 amide bonds. The van der Waals surface area contributed by atoms with Crippen molar-refractivity contribution in [3.8, 4) is 0 Å². The number of fused-ring (bicyclic) bond motifs is 1. The largest absolute Gasteiger partial charge is 0.369 e. The predicted molar refractivity (Wildman–Crippen MR) is 73.0 cm³/mol. The number of aryl methyl sites for hydroxylation is 2. The van der Waals surface area contributed by atoms with Gasteiger partial charge in [-0.3, -0.25) is 0 Å². The van der Waals surface area contributed by atoms with Gasteiger partial charge in [-0.2, -0.15) is 0 Å². The van der Waals surface area contributed by atoms with Crippen molar-refractivity contribution in [2.75, 3.05) is 5.73 Å². The summed E-state index contributed by atoms with van der Waals surface area (Å²) in [6.45, 7) is 7.54. The second kappa shape index (κ2) is 4.78. The summed E-state index contributed by atoms with van der Waals surface area (Å²) in [6.07, 6.45) is 2.38. The Hall–Kier alpha value is -1.51. The number of benzene rings is 1. The number of anilines is 1. The Morgan fingerprint density at radius 2 is 2.12 bits per heavy atom. The number of para-hydroxylation sites is 1. The Bertz CT molecular complexity index is 511. The lowest BCUT2D eigenvalue weighted by molar-refractivity contribution is 0.519. The summed E-state index contributed by atoms with van der Waals surface area (Å²) >= 11 is 0. The normalized spacial score (nSPS) is 11.5. The van der Waals surface area contributed by atoms with Gasteiger partial charge < -0.3 is 10.3 Å². The quantitative estimate of drug-likeness (QED) is 0.876. The van der Waals surface area contributed by atoms with Gasteiger partial charge in [0.2, 0.25) is 5.95 Å². The highest BCUT2D eigenvalue weighted by Gasteiger charge is 2.09. The van der Waals surface area contributed by atoms with Crippen molar-refractivity contribution in [2.24, 2.45) is 5.92 Å². The average molecular weight is 231 g/mol. The molecule has 0 radical (unpaired) electrons. The molecule has 92 valence electrons. The number of hydrogen-bond acceptors (Lipinski definition) is 2. The molecule has 2 aromatic rings. The van der Waals surface area contributed by atoms with Crippen LogP contribution >= 0.6 is 0 Å². The lowest BCUT2D eigenvalue weighted by Gasteiger charge is -2.08. The maximum absolute atomic E-state index is 5.99. The topological polar surface area (TPSA) is 43.8 Å². The molecule has 0 aliphatic carbocycles. The van der Waals surface area contributed by atoms with E-state index in [0.717, 1.165) is 29.9 Å². The average Bonchev–Trinajstić information content (AvgIpc) is 2.57. The van der Waals surface area contributed by atoms with Gasteiger partial charge in [0.1, 0.15) is 0 Å². The fourth-order valence-corrected chi connectivity index (χ4v) is 2.20. The van der Waals surface area contributed by atoms with Gasteiger partial charge in [-0.15, -0.1) is 0 Å². The Morgan fingerprint density at radius 1 is 1.35 bits per heavy atom. The number of imidazole rings is 1. The van der Waals surface area contributed by atoms with Gasteiger partial charge in [-0.05, 0) is 37.3 Å². The molecule has 1 aromatic heterocycles. The molecule has 3 heteroatoms. The lowest BCUT2D eigenvalue weighted by atomic mass is 10.1. The van der Waals surface area contributed by atoms with Gasteiger partial charge >= 0.3 is 0 Å². The van der Waals surface area contributed by atoms with Crippen LogP contribution in [0.3, 0.4) is 0 Å². The van der Waals surface area contributed by atoms with Crippen LogP contribution in [0, 0.1) is 12.8 Å². The molecular formula is C14H21N3. The fraction of sp³-hybridized carbons (Fsp3) is 0.500. The standard InChI is InChI=1S/C14H21N3/c1-10(2)6-5-9-17-12-8-4-7-11(3)13(12)16-14(17)15/h4,7-8,10H,5-6,9H2,1-3H3,(H2,15,16). The summed E-state index contributed by atoms with van der Waals surface area (Å²) in [4.78, 5) is 4.45. The molecule has 0 bridgehead atoms. The minimum atomic E-state index is 0.637. The molecule has 17 heavy (non-hydrogen) atoms. The zero-order chi connectivity index (χ0) is 12.4. The van der Waals surface area contributed by atoms with Gasteiger partial charge in [-0.1, -0.05) is 26.0 Å². The highest BCUT2D eigenvalue weighted by atomic mass is 15.1. The smallest absolute Gasteiger partial charge is 0.201 e. The molecule has 2 N–H and O–H groups in total. The van der Waals surface area contributed by atoms with E-state index >= 15 is 0 Å². The van der Waals surface area contributed by atoms with E-state index in [0.29, 0.717) is 5.95 Å². The summed E-state index contributed by atoms with van der Waals surface area (Å²) in [6, 6.07) is 6.24. The number of nitrogens with two attached hydrogens (primary N) is 1. The van der Waals surface area contributed by atoms with Gasteiger partial charge in [0.05, 0.1) is 11.0 Å². The van der Waals surface area contributed by atoms with E-state index in [4.69, 9.17) is 5.73 Å². The molecule has 2 rings (SSSR count). The molecule has 1 heterocycles. The molecule has 0 aliphatic rings. The lowest BCUT2D eigenvalue weighted by Crippen LogP contribution is -2.04. The predicted octanol–water partition coefficient (Wildman–Crippen LogP) is 3.36. The summed E-state index contributed by atoms with van der Waals surface area (Å²) in [5, 5.41) is 0. The first-order chi connectivity index (χ1) is 8.09. The molecule has 3 nitrogen and oxygen atoms in total. The highest BCUT2D eigenvalue weighted by Crippen LogP contribution is 2.21. The van der Waals surface area contributed by atoms with Crippen molar-refractivity contribution < 1.29 is 0 Å². The van der Waals surface area contributed by atoms with Crippen LogP contribution in [0.4, 0.5) is 5.95 Å². The molecule has 0 unspecified atom stereocenters. The second-order valence-corrected chi connectivity index (χ2v) is 5.10. The number of rotatable bonds is 4. The molecule has 0 saturated carbocycles. The maximum atomic E-state index is 5.99. The van der Waals surface area contributed by atoms with Crippen LogP contribution in [-0.2, 0) is 6.54 Å². The van der Waals surface area contributed by atoms with Crippen LogP contribution in [0.2, 0.25) is 0 Å². The summed E-state index contributed by atoms with van der Waals surface area (Å²) in [7, 11) is 0. The minimum Gasteiger partial charge on any atom is -0.369 e. The van der Waals surface area contributed by atoms with Crippen molar-refractivity contribution in [3.63, 3.8) is 0 Å². The van der Waals surface area contributed by atoms with E-state index in [2.05, 4.69) is 48.5 Å². The first-order valence-corrected chi connectivity index (χ1v) is 6.31. The van der Waals surface area contributed by atoms with Crippen LogP contribution in [0.15, 0.2) is 18.2 Å². The van der Waals surface area contributed by atoms with Crippen LogP contribution in [0.25, 0.3) is 11.0 Å². The van der Waals surface area contributed by atoms with Gasteiger partial charge in [0.25, 0.3) is 0 Å². The summed E-state index contributed by atoms with van der Waals surface area (Å²) in [5.74, 6) is 1.38. The third kappa shape index (κ3) is 2.43. The Kier molecular flexibility index (Phi) is 3.36. The van der Waals surface area contributed by atoms with E-state index in [1.807, 2.05) is 0 Å². The van der Waals surface area contributed by atoms with Crippen LogP contribution in [-0.4, -0.2) is 9.55 Å². The van der Waals surface area contributed by atoms with Crippen molar-refractivity contribution >= 4 is 17.0 Å². The zero-order valence-corrected chi connectivity index (χ0v) is 10.9.